The van der Waals surface area contributed by atoms with Crippen LogP contribution in [0.2, 0.25) is 0 Å². The summed E-state index contributed by atoms with van der Waals surface area (Å²) < 4.78 is 6.36. The van der Waals surface area contributed by atoms with E-state index in [1.807, 2.05) is 19.1 Å². The zero-order valence-electron chi connectivity index (χ0n) is 21.7. The van der Waals surface area contributed by atoms with Gasteiger partial charge in [-0.15, -0.1) is 0 Å². The Morgan fingerprint density at radius 3 is 2.66 bits per heavy atom. The summed E-state index contributed by atoms with van der Waals surface area (Å²) in [4.78, 5) is 36.1. The lowest BCUT2D eigenvalue weighted by Gasteiger charge is -2.37. The van der Waals surface area contributed by atoms with Gasteiger partial charge in [0, 0.05) is 50.4 Å². The van der Waals surface area contributed by atoms with E-state index in [9.17, 15) is 14.7 Å². The number of ether oxygens (including phenoxy) is 1. The first-order chi connectivity index (χ1) is 16.7. The highest BCUT2D eigenvalue weighted by Gasteiger charge is 2.34. The third kappa shape index (κ3) is 6.18. The van der Waals surface area contributed by atoms with E-state index >= 15 is 0 Å². The molecule has 0 radical (unpaired) electrons. The van der Waals surface area contributed by atoms with Crippen LogP contribution in [-0.4, -0.2) is 96.1 Å². The van der Waals surface area contributed by atoms with Gasteiger partial charge in [0.2, 0.25) is 5.88 Å². The predicted octanol–water partition coefficient (Wildman–Crippen LogP) is 3.01. The van der Waals surface area contributed by atoms with Crippen LogP contribution in [-0.2, 0) is 0 Å². The number of carbonyl (C=O) groups excluding carboxylic acids is 2. The fourth-order valence-electron chi connectivity index (χ4n) is 4.35. The average Bonchev–Trinajstić information content (AvgIpc) is 2.85. The van der Waals surface area contributed by atoms with Gasteiger partial charge in [0.05, 0.1) is 12.6 Å². The number of likely N-dealkylation sites (N-methyl/N-ethyl adjacent to an activating group) is 1. The van der Waals surface area contributed by atoms with Gasteiger partial charge in [-0.05, 0) is 50.7 Å². The Hall–Kier alpha value is -2.97. The molecule has 1 aromatic heterocycles. The number of aromatic nitrogens is 1. The molecule has 8 heteroatoms. The zero-order valence-corrected chi connectivity index (χ0v) is 21.7. The largest absolute Gasteiger partial charge is 0.472 e. The maximum atomic E-state index is 13.6. The topological polar surface area (TPSA) is 86.2 Å². The summed E-state index contributed by atoms with van der Waals surface area (Å²) in [5.41, 5.74) is 2.43. The molecule has 1 N–H and O–H groups in total. The van der Waals surface area contributed by atoms with Crippen molar-refractivity contribution in [2.75, 3.05) is 47.4 Å². The number of nitrogens with zero attached hydrogens (tertiary/aromatic N) is 4. The Morgan fingerprint density at radius 2 is 2.00 bits per heavy atom. The molecule has 0 saturated carbocycles. The standard InChI is InChI=1S/C27H38N4O4/c1-7-11-30(6)16-24-18(2)15-31(19(3)17-32)27(34)23-13-22(14-28-25(23)35-24)20-9-8-10-21(12-20)26(33)29(4)5/h8-10,12-14,18-19,24,32H,7,11,15-17H2,1-6H3/t18-,19+,24-/m0/s1. The molecule has 1 aliphatic heterocycles. The number of carbonyl (C=O) groups is 2. The molecule has 2 aromatic rings. The molecule has 3 rings (SSSR count). The molecule has 8 nitrogen and oxygen atoms in total. The van der Waals surface area contributed by atoms with Crippen LogP contribution in [0.5, 0.6) is 5.88 Å². The normalized spacial score (nSPS) is 19.0. The molecule has 0 aliphatic carbocycles. The summed E-state index contributed by atoms with van der Waals surface area (Å²) in [6.07, 6.45) is 2.56. The van der Waals surface area contributed by atoms with Crippen molar-refractivity contribution in [1.82, 2.24) is 19.7 Å². The molecule has 35 heavy (non-hydrogen) atoms. The van der Waals surface area contributed by atoms with Crippen LogP contribution in [0.3, 0.4) is 0 Å². The van der Waals surface area contributed by atoms with E-state index in [1.165, 1.54) is 4.90 Å². The summed E-state index contributed by atoms with van der Waals surface area (Å²) in [6.45, 7) is 8.06. The van der Waals surface area contributed by atoms with Crippen molar-refractivity contribution in [3.05, 3.63) is 47.7 Å². The van der Waals surface area contributed by atoms with Gasteiger partial charge in [-0.25, -0.2) is 4.98 Å². The second-order valence-electron chi connectivity index (χ2n) is 9.74. The van der Waals surface area contributed by atoms with Crippen molar-refractivity contribution in [3.63, 3.8) is 0 Å². The van der Waals surface area contributed by atoms with E-state index in [4.69, 9.17) is 4.74 Å². The van der Waals surface area contributed by atoms with E-state index in [0.717, 1.165) is 24.1 Å². The van der Waals surface area contributed by atoms with Crippen LogP contribution in [0, 0.1) is 5.92 Å². The molecule has 0 saturated heterocycles. The highest BCUT2D eigenvalue weighted by Crippen LogP contribution is 2.30. The van der Waals surface area contributed by atoms with Crippen LogP contribution < -0.4 is 4.74 Å². The number of hydrogen-bond donors (Lipinski definition) is 1. The van der Waals surface area contributed by atoms with Gasteiger partial charge in [-0.3, -0.25) is 9.59 Å². The highest BCUT2D eigenvalue weighted by atomic mass is 16.5. The van der Waals surface area contributed by atoms with E-state index in [0.29, 0.717) is 30.1 Å². The SMILES string of the molecule is CCCN(C)C[C@@H]1Oc2ncc(-c3cccc(C(=O)N(C)C)c3)cc2C(=O)N([C@H](C)CO)C[C@@H]1C. The fraction of sp³-hybridized carbons (Fsp3) is 0.519. The van der Waals surface area contributed by atoms with E-state index in [-0.39, 0.29) is 36.5 Å². The van der Waals surface area contributed by atoms with E-state index < -0.39 is 0 Å². The number of aliphatic hydroxyl groups excluding tert-OH is 1. The maximum absolute atomic E-state index is 13.6. The van der Waals surface area contributed by atoms with Crippen LogP contribution >= 0.6 is 0 Å². The Morgan fingerprint density at radius 1 is 1.26 bits per heavy atom. The third-order valence-electron chi connectivity index (χ3n) is 6.47. The molecule has 2 heterocycles. The Kier molecular flexibility index (Phi) is 8.86. The van der Waals surface area contributed by atoms with Gasteiger partial charge in [0.1, 0.15) is 11.7 Å². The first kappa shape index (κ1) is 26.6. The van der Waals surface area contributed by atoms with Crippen molar-refractivity contribution in [1.29, 1.82) is 0 Å². The summed E-state index contributed by atoms with van der Waals surface area (Å²) in [6, 6.07) is 8.73. The predicted molar refractivity (Wildman–Crippen MR) is 137 cm³/mol. The van der Waals surface area contributed by atoms with Crippen molar-refractivity contribution < 1.29 is 19.4 Å². The monoisotopic (exact) mass is 482 g/mol. The lowest BCUT2D eigenvalue weighted by molar-refractivity contribution is 0.0331. The second-order valence-corrected chi connectivity index (χ2v) is 9.74. The van der Waals surface area contributed by atoms with E-state index in [2.05, 4.69) is 30.8 Å². The number of benzene rings is 1. The first-order valence-electron chi connectivity index (χ1n) is 12.2. The van der Waals surface area contributed by atoms with Crippen LogP contribution in [0.25, 0.3) is 11.1 Å². The van der Waals surface area contributed by atoms with Crippen molar-refractivity contribution in [2.45, 2.75) is 39.3 Å². The maximum Gasteiger partial charge on any atom is 0.259 e. The number of pyridine rings is 1. The molecule has 190 valence electrons. The number of hydrogen-bond acceptors (Lipinski definition) is 6. The third-order valence-corrected chi connectivity index (χ3v) is 6.47. The molecular weight excluding hydrogens is 444 g/mol. The minimum absolute atomic E-state index is 0.0515. The van der Waals surface area contributed by atoms with Gasteiger partial charge < -0.3 is 24.5 Å². The van der Waals surface area contributed by atoms with E-state index in [1.54, 1.807) is 43.4 Å². The number of fused-ring (bicyclic) bond motifs is 1. The lowest BCUT2D eigenvalue weighted by atomic mass is 9.98. The molecule has 0 unspecified atom stereocenters. The van der Waals surface area contributed by atoms with Gasteiger partial charge in [-0.2, -0.15) is 0 Å². The molecule has 0 fully saturated rings. The zero-order chi connectivity index (χ0) is 25.7. The quantitative estimate of drug-likeness (QED) is 0.623. The summed E-state index contributed by atoms with van der Waals surface area (Å²) >= 11 is 0. The smallest absolute Gasteiger partial charge is 0.259 e. The Labute approximate surface area is 208 Å². The number of amides is 2. The molecule has 0 spiro atoms. The average molecular weight is 483 g/mol. The number of aliphatic hydroxyl groups is 1. The van der Waals surface area contributed by atoms with Crippen molar-refractivity contribution in [2.24, 2.45) is 5.92 Å². The van der Waals surface area contributed by atoms with Gasteiger partial charge in [-0.1, -0.05) is 26.0 Å². The van der Waals surface area contributed by atoms with Gasteiger partial charge in [0.25, 0.3) is 11.8 Å². The molecule has 0 bridgehead atoms. The highest BCUT2D eigenvalue weighted by molar-refractivity contribution is 5.98. The first-order valence-corrected chi connectivity index (χ1v) is 12.2. The lowest BCUT2D eigenvalue weighted by Crippen LogP contribution is -2.50. The van der Waals surface area contributed by atoms with Crippen LogP contribution in [0.4, 0.5) is 0 Å². The van der Waals surface area contributed by atoms with Crippen molar-refractivity contribution >= 4 is 11.8 Å². The molecule has 2 amide bonds. The van der Waals surface area contributed by atoms with Gasteiger partial charge in [0.15, 0.2) is 0 Å². The van der Waals surface area contributed by atoms with Crippen LogP contribution in [0.1, 0.15) is 47.9 Å². The van der Waals surface area contributed by atoms with Crippen LogP contribution in [0.15, 0.2) is 36.5 Å². The van der Waals surface area contributed by atoms with Crippen molar-refractivity contribution in [3.8, 4) is 17.0 Å². The fourth-order valence-corrected chi connectivity index (χ4v) is 4.35. The summed E-state index contributed by atoms with van der Waals surface area (Å²) in [7, 11) is 5.49. The summed E-state index contributed by atoms with van der Waals surface area (Å²) in [5.74, 6) is 0.0385. The molecule has 1 aliphatic rings. The molecule has 3 atom stereocenters. The Balaban J connectivity index is 2.04. The minimum Gasteiger partial charge on any atom is -0.472 e. The molecule has 1 aromatic carbocycles. The Bertz CT molecular complexity index is 1040. The number of rotatable bonds is 8. The second kappa shape index (κ2) is 11.6. The van der Waals surface area contributed by atoms with Gasteiger partial charge >= 0.3 is 0 Å². The molecular formula is C27H38N4O4. The summed E-state index contributed by atoms with van der Waals surface area (Å²) in [5, 5.41) is 9.86. The minimum atomic E-state index is -0.338.